The Balaban J connectivity index is 1.66. The lowest BCUT2D eigenvalue weighted by Crippen LogP contribution is -2.16. The standard InChI is InChI=1S/C23H27BrN2O3/c1-14(2)11-12-29-21-10-9-17(13-18(21)24)23(28)26-20-6-4-5-19(15(20)3)25-22(27)16-7-8-16/h4-6,9-10,13-14,16H,7-8,11-12H2,1-3H3,(H,25,27)(H,26,28). The van der Waals surface area contributed by atoms with Crippen LogP contribution in [0.15, 0.2) is 40.9 Å². The molecule has 3 rings (SSSR count). The average Bonchev–Trinajstić information content (AvgIpc) is 3.51. The van der Waals surface area contributed by atoms with Crippen molar-refractivity contribution in [3.8, 4) is 5.75 Å². The van der Waals surface area contributed by atoms with Gasteiger partial charge in [-0.05, 0) is 83.9 Å². The minimum atomic E-state index is -0.215. The zero-order valence-corrected chi connectivity index (χ0v) is 18.6. The van der Waals surface area contributed by atoms with E-state index in [1.807, 2.05) is 25.1 Å². The normalized spacial score (nSPS) is 13.3. The molecule has 2 amide bonds. The van der Waals surface area contributed by atoms with E-state index >= 15 is 0 Å². The van der Waals surface area contributed by atoms with Crippen LogP contribution in [-0.2, 0) is 4.79 Å². The molecule has 1 aliphatic carbocycles. The number of halogens is 1. The Labute approximate surface area is 180 Å². The van der Waals surface area contributed by atoms with E-state index in [0.717, 1.165) is 40.7 Å². The maximum Gasteiger partial charge on any atom is 0.255 e. The molecule has 2 aromatic carbocycles. The first-order valence-electron chi connectivity index (χ1n) is 9.99. The van der Waals surface area contributed by atoms with E-state index in [1.54, 1.807) is 18.2 Å². The van der Waals surface area contributed by atoms with E-state index in [-0.39, 0.29) is 17.7 Å². The van der Waals surface area contributed by atoms with Crippen LogP contribution in [0, 0.1) is 18.8 Å². The van der Waals surface area contributed by atoms with Gasteiger partial charge in [-0.15, -0.1) is 0 Å². The Morgan fingerprint density at radius 3 is 2.45 bits per heavy atom. The topological polar surface area (TPSA) is 67.4 Å². The van der Waals surface area contributed by atoms with Gasteiger partial charge < -0.3 is 15.4 Å². The van der Waals surface area contributed by atoms with E-state index < -0.39 is 0 Å². The zero-order valence-electron chi connectivity index (χ0n) is 17.0. The summed E-state index contributed by atoms with van der Waals surface area (Å²) in [5, 5.41) is 5.89. The summed E-state index contributed by atoms with van der Waals surface area (Å²) in [6.07, 6.45) is 2.88. The summed E-state index contributed by atoms with van der Waals surface area (Å²) in [4.78, 5) is 24.8. The molecule has 0 aromatic heterocycles. The third-order valence-corrected chi connectivity index (χ3v) is 5.55. The van der Waals surface area contributed by atoms with Gasteiger partial charge in [0, 0.05) is 22.9 Å². The highest BCUT2D eigenvalue weighted by molar-refractivity contribution is 9.10. The van der Waals surface area contributed by atoms with E-state index in [4.69, 9.17) is 4.74 Å². The summed E-state index contributed by atoms with van der Waals surface area (Å²) >= 11 is 3.49. The Hall–Kier alpha value is -2.34. The number of benzene rings is 2. The summed E-state index contributed by atoms with van der Waals surface area (Å²) in [5.41, 5.74) is 2.77. The molecule has 1 fully saturated rings. The van der Waals surface area contributed by atoms with Crippen LogP contribution in [0.4, 0.5) is 11.4 Å². The van der Waals surface area contributed by atoms with Gasteiger partial charge in [-0.3, -0.25) is 9.59 Å². The molecule has 2 N–H and O–H groups in total. The predicted octanol–water partition coefficient (Wildman–Crippen LogP) is 5.78. The number of amides is 2. The van der Waals surface area contributed by atoms with Crippen LogP contribution in [0.25, 0.3) is 0 Å². The van der Waals surface area contributed by atoms with Crippen LogP contribution < -0.4 is 15.4 Å². The molecule has 0 unspecified atom stereocenters. The van der Waals surface area contributed by atoms with Crippen LogP contribution in [0.3, 0.4) is 0 Å². The number of rotatable bonds is 8. The van der Waals surface area contributed by atoms with Gasteiger partial charge in [0.25, 0.3) is 5.91 Å². The van der Waals surface area contributed by atoms with Crippen molar-refractivity contribution in [1.82, 2.24) is 0 Å². The lowest BCUT2D eigenvalue weighted by Gasteiger charge is -2.14. The number of carbonyl (C=O) groups excluding carboxylic acids is 2. The first-order valence-corrected chi connectivity index (χ1v) is 10.8. The predicted molar refractivity (Wildman–Crippen MR) is 120 cm³/mol. The number of hydrogen-bond donors (Lipinski definition) is 2. The number of hydrogen-bond acceptors (Lipinski definition) is 3. The fraction of sp³-hybridized carbons (Fsp3) is 0.391. The molecular formula is C23H27BrN2O3. The summed E-state index contributed by atoms with van der Waals surface area (Å²) in [6.45, 7) is 6.83. The molecular weight excluding hydrogens is 432 g/mol. The number of ether oxygens (including phenoxy) is 1. The minimum Gasteiger partial charge on any atom is -0.492 e. The Kier molecular flexibility index (Phi) is 6.96. The van der Waals surface area contributed by atoms with E-state index in [0.29, 0.717) is 23.8 Å². The zero-order chi connectivity index (χ0) is 21.0. The van der Waals surface area contributed by atoms with Crippen LogP contribution in [0.2, 0.25) is 0 Å². The van der Waals surface area contributed by atoms with Gasteiger partial charge in [-0.2, -0.15) is 0 Å². The molecule has 1 aliphatic rings. The summed E-state index contributed by atoms with van der Waals surface area (Å²) in [5.74, 6) is 1.27. The van der Waals surface area contributed by atoms with Crippen LogP contribution in [0.1, 0.15) is 49.0 Å². The van der Waals surface area contributed by atoms with Gasteiger partial charge >= 0.3 is 0 Å². The van der Waals surface area contributed by atoms with Crippen LogP contribution >= 0.6 is 15.9 Å². The summed E-state index contributed by atoms with van der Waals surface area (Å²) in [7, 11) is 0. The quantitative estimate of drug-likeness (QED) is 0.526. The fourth-order valence-electron chi connectivity index (χ4n) is 2.84. The van der Waals surface area contributed by atoms with Gasteiger partial charge in [0.1, 0.15) is 5.75 Å². The third kappa shape index (κ3) is 5.82. The highest BCUT2D eigenvalue weighted by Gasteiger charge is 2.29. The van der Waals surface area contributed by atoms with Crippen LogP contribution in [0.5, 0.6) is 5.75 Å². The molecule has 29 heavy (non-hydrogen) atoms. The molecule has 0 heterocycles. The van der Waals surface area contributed by atoms with E-state index in [9.17, 15) is 9.59 Å². The molecule has 2 aromatic rings. The fourth-order valence-corrected chi connectivity index (χ4v) is 3.34. The molecule has 154 valence electrons. The van der Waals surface area contributed by atoms with Gasteiger partial charge in [-0.1, -0.05) is 19.9 Å². The van der Waals surface area contributed by atoms with Crippen molar-refractivity contribution in [2.24, 2.45) is 11.8 Å². The van der Waals surface area contributed by atoms with Gasteiger partial charge in [0.15, 0.2) is 0 Å². The van der Waals surface area contributed by atoms with E-state index in [2.05, 4.69) is 40.4 Å². The monoisotopic (exact) mass is 458 g/mol. The summed E-state index contributed by atoms with van der Waals surface area (Å²) < 4.78 is 6.52. The van der Waals surface area contributed by atoms with Crippen molar-refractivity contribution in [3.63, 3.8) is 0 Å². The molecule has 0 saturated heterocycles. The average molecular weight is 459 g/mol. The first kappa shape index (κ1) is 21.4. The van der Waals surface area contributed by atoms with Crippen molar-refractivity contribution in [2.75, 3.05) is 17.2 Å². The molecule has 0 aliphatic heterocycles. The first-order chi connectivity index (χ1) is 13.8. The summed E-state index contributed by atoms with van der Waals surface area (Å²) in [6, 6.07) is 10.8. The number of nitrogens with one attached hydrogen (secondary N) is 2. The van der Waals surface area contributed by atoms with Crippen molar-refractivity contribution in [3.05, 3.63) is 52.0 Å². The highest BCUT2D eigenvalue weighted by Crippen LogP contribution is 2.32. The Morgan fingerprint density at radius 2 is 1.83 bits per heavy atom. The lowest BCUT2D eigenvalue weighted by atomic mass is 10.1. The Morgan fingerprint density at radius 1 is 1.14 bits per heavy atom. The lowest BCUT2D eigenvalue weighted by molar-refractivity contribution is -0.117. The molecule has 6 heteroatoms. The number of anilines is 2. The third-order valence-electron chi connectivity index (χ3n) is 4.93. The minimum absolute atomic E-state index is 0.0496. The van der Waals surface area contributed by atoms with E-state index in [1.165, 1.54) is 0 Å². The number of carbonyl (C=O) groups is 2. The molecule has 0 radical (unpaired) electrons. The van der Waals surface area contributed by atoms with Crippen molar-refractivity contribution in [1.29, 1.82) is 0 Å². The van der Waals surface area contributed by atoms with Gasteiger partial charge in [0.05, 0.1) is 11.1 Å². The molecule has 0 spiro atoms. The molecule has 5 nitrogen and oxygen atoms in total. The van der Waals surface area contributed by atoms with Gasteiger partial charge in [0.2, 0.25) is 5.91 Å². The largest absolute Gasteiger partial charge is 0.492 e. The Bertz CT molecular complexity index is 907. The molecule has 1 saturated carbocycles. The SMILES string of the molecule is Cc1c(NC(=O)c2ccc(OCCC(C)C)c(Br)c2)cccc1NC(=O)C1CC1. The highest BCUT2D eigenvalue weighted by atomic mass is 79.9. The second-order valence-electron chi connectivity index (χ2n) is 7.87. The van der Waals surface area contributed by atoms with Crippen molar-refractivity contribution >= 4 is 39.1 Å². The maximum absolute atomic E-state index is 12.7. The van der Waals surface area contributed by atoms with Crippen molar-refractivity contribution < 1.29 is 14.3 Å². The second-order valence-corrected chi connectivity index (χ2v) is 8.73. The van der Waals surface area contributed by atoms with Gasteiger partial charge in [-0.25, -0.2) is 0 Å². The maximum atomic E-state index is 12.7. The molecule has 0 bridgehead atoms. The second kappa shape index (κ2) is 9.44. The smallest absolute Gasteiger partial charge is 0.255 e. The van der Waals surface area contributed by atoms with Crippen molar-refractivity contribution in [2.45, 2.75) is 40.0 Å². The van der Waals surface area contributed by atoms with Crippen LogP contribution in [-0.4, -0.2) is 18.4 Å². The molecule has 0 atom stereocenters.